The number of rotatable bonds is 9. The lowest BCUT2D eigenvalue weighted by Crippen LogP contribution is -2.24. The maximum Gasteiger partial charge on any atom is 0.253 e. The largest absolute Gasteiger partial charge is 0.477 e. The number of benzene rings is 1. The van der Waals surface area contributed by atoms with Crippen LogP contribution < -0.4 is 10.1 Å². The van der Waals surface area contributed by atoms with E-state index in [1.807, 2.05) is 63.2 Å². The number of hydrogen-bond donors (Lipinski definition) is 1. The molecule has 9 heteroatoms. The molecule has 170 valence electrons. The summed E-state index contributed by atoms with van der Waals surface area (Å²) in [6.45, 7) is 6.88. The van der Waals surface area contributed by atoms with Crippen LogP contribution >= 0.6 is 11.8 Å². The molecule has 1 amide bonds. The van der Waals surface area contributed by atoms with Crippen molar-refractivity contribution >= 4 is 23.4 Å². The van der Waals surface area contributed by atoms with Crippen molar-refractivity contribution < 1.29 is 9.53 Å². The van der Waals surface area contributed by atoms with Crippen LogP contribution in [0, 0.1) is 13.8 Å². The Bertz CT molecular complexity index is 1270. The molecule has 0 saturated carbocycles. The summed E-state index contributed by atoms with van der Waals surface area (Å²) in [6, 6.07) is 13.3. The smallest absolute Gasteiger partial charge is 0.253 e. The standard InChI is InChI=1S/C24H26N6O2S/c1-4-12-32-22-18(9-7-11-25-22)14-26-21(31)20-10-6-5-8-19(20)15-33-24-28-23-27-16(2)13-17(3)30(23)29-24/h5-11,13H,4,12,14-15H2,1-3H3,(H,26,31). The number of pyridine rings is 1. The lowest BCUT2D eigenvalue weighted by molar-refractivity contribution is 0.0950. The molecule has 4 rings (SSSR count). The van der Waals surface area contributed by atoms with E-state index in [9.17, 15) is 4.79 Å². The molecule has 0 atom stereocenters. The molecule has 3 heterocycles. The third-order valence-corrected chi connectivity index (χ3v) is 5.84. The Hall–Kier alpha value is -3.46. The highest BCUT2D eigenvalue weighted by molar-refractivity contribution is 7.98. The third kappa shape index (κ3) is 5.48. The first kappa shape index (κ1) is 22.7. The molecular weight excluding hydrogens is 436 g/mol. The van der Waals surface area contributed by atoms with Crippen LogP contribution in [0.3, 0.4) is 0 Å². The van der Waals surface area contributed by atoms with Gasteiger partial charge in [-0.1, -0.05) is 43.0 Å². The van der Waals surface area contributed by atoms with Gasteiger partial charge in [-0.2, -0.15) is 4.98 Å². The summed E-state index contributed by atoms with van der Waals surface area (Å²) in [5.41, 5.74) is 4.27. The van der Waals surface area contributed by atoms with Crippen molar-refractivity contribution in [3.05, 3.63) is 76.7 Å². The number of ether oxygens (including phenoxy) is 1. The topological polar surface area (TPSA) is 94.3 Å². The second-order valence-electron chi connectivity index (χ2n) is 7.59. The highest BCUT2D eigenvalue weighted by Gasteiger charge is 2.14. The van der Waals surface area contributed by atoms with Crippen LogP contribution in [0.25, 0.3) is 5.78 Å². The molecule has 0 aliphatic carbocycles. The Labute approximate surface area is 196 Å². The monoisotopic (exact) mass is 462 g/mol. The molecule has 0 unspecified atom stereocenters. The number of fused-ring (bicyclic) bond motifs is 1. The summed E-state index contributed by atoms with van der Waals surface area (Å²) in [4.78, 5) is 26.2. The van der Waals surface area contributed by atoms with Crippen molar-refractivity contribution in [1.82, 2.24) is 29.9 Å². The van der Waals surface area contributed by atoms with Gasteiger partial charge < -0.3 is 10.1 Å². The number of carbonyl (C=O) groups is 1. The number of nitrogens with one attached hydrogen (secondary N) is 1. The Morgan fingerprint density at radius 1 is 1.12 bits per heavy atom. The van der Waals surface area contributed by atoms with E-state index >= 15 is 0 Å². The molecule has 0 aliphatic rings. The molecule has 0 spiro atoms. The minimum atomic E-state index is -0.146. The highest BCUT2D eigenvalue weighted by Crippen LogP contribution is 2.23. The minimum Gasteiger partial charge on any atom is -0.477 e. The van der Waals surface area contributed by atoms with Gasteiger partial charge in [-0.15, -0.1) is 5.10 Å². The van der Waals surface area contributed by atoms with Crippen molar-refractivity contribution in [3.63, 3.8) is 0 Å². The number of nitrogens with zero attached hydrogens (tertiary/aromatic N) is 5. The van der Waals surface area contributed by atoms with Crippen LogP contribution in [0.5, 0.6) is 5.88 Å². The molecule has 8 nitrogen and oxygen atoms in total. The lowest BCUT2D eigenvalue weighted by Gasteiger charge is -2.12. The summed E-state index contributed by atoms with van der Waals surface area (Å²) in [6.07, 6.45) is 2.58. The summed E-state index contributed by atoms with van der Waals surface area (Å²) in [7, 11) is 0. The van der Waals surface area contributed by atoms with Crippen molar-refractivity contribution in [2.24, 2.45) is 0 Å². The zero-order valence-electron chi connectivity index (χ0n) is 18.9. The number of amides is 1. The molecule has 0 saturated heterocycles. The molecule has 0 fully saturated rings. The van der Waals surface area contributed by atoms with Crippen LogP contribution in [-0.2, 0) is 12.3 Å². The molecule has 1 N–H and O–H groups in total. The Morgan fingerprint density at radius 3 is 2.79 bits per heavy atom. The van der Waals surface area contributed by atoms with Crippen molar-refractivity contribution in [3.8, 4) is 5.88 Å². The zero-order valence-corrected chi connectivity index (χ0v) is 19.7. The Balaban J connectivity index is 1.44. The Kier molecular flexibility index (Phi) is 7.19. The van der Waals surface area contributed by atoms with E-state index < -0.39 is 0 Å². The first-order valence-electron chi connectivity index (χ1n) is 10.8. The number of hydrogen-bond acceptors (Lipinski definition) is 7. The molecule has 4 aromatic rings. The maximum atomic E-state index is 13.0. The predicted molar refractivity (Wildman–Crippen MR) is 127 cm³/mol. The quantitative estimate of drug-likeness (QED) is 0.374. The molecule has 0 aliphatic heterocycles. The first-order chi connectivity index (χ1) is 16.0. The van der Waals surface area contributed by atoms with Gasteiger partial charge in [-0.25, -0.2) is 14.5 Å². The summed E-state index contributed by atoms with van der Waals surface area (Å²) in [5.74, 6) is 1.56. The van der Waals surface area contributed by atoms with Gasteiger partial charge >= 0.3 is 0 Å². The predicted octanol–water partition coefficient (Wildman–Crippen LogP) is 4.15. The average Bonchev–Trinajstić information content (AvgIpc) is 3.24. The second kappa shape index (κ2) is 10.4. The molecular formula is C24H26N6O2S. The van der Waals surface area contributed by atoms with Gasteiger partial charge in [0.05, 0.1) is 6.61 Å². The van der Waals surface area contributed by atoms with Crippen molar-refractivity contribution in [2.45, 2.75) is 44.6 Å². The maximum absolute atomic E-state index is 13.0. The fourth-order valence-corrected chi connectivity index (χ4v) is 4.20. The minimum absolute atomic E-state index is 0.146. The van der Waals surface area contributed by atoms with E-state index in [0.717, 1.165) is 28.9 Å². The fraction of sp³-hybridized carbons (Fsp3) is 0.292. The average molecular weight is 463 g/mol. The van der Waals surface area contributed by atoms with Crippen molar-refractivity contribution in [1.29, 1.82) is 0 Å². The van der Waals surface area contributed by atoms with Crippen LogP contribution in [0.15, 0.2) is 53.8 Å². The number of aryl methyl sites for hydroxylation is 2. The number of carbonyl (C=O) groups excluding carboxylic acids is 1. The Morgan fingerprint density at radius 2 is 1.94 bits per heavy atom. The van der Waals surface area contributed by atoms with Gasteiger partial charge in [0.1, 0.15) is 0 Å². The van der Waals surface area contributed by atoms with E-state index in [2.05, 4.69) is 25.4 Å². The highest BCUT2D eigenvalue weighted by atomic mass is 32.2. The molecule has 33 heavy (non-hydrogen) atoms. The van der Waals surface area contributed by atoms with Crippen LogP contribution in [0.1, 0.15) is 46.2 Å². The fourth-order valence-electron chi connectivity index (χ4n) is 3.38. The summed E-state index contributed by atoms with van der Waals surface area (Å²) >= 11 is 1.48. The second-order valence-corrected chi connectivity index (χ2v) is 8.53. The van der Waals surface area contributed by atoms with Crippen LogP contribution in [0.2, 0.25) is 0 Å². The van der Waals surface area contributed by atoms with E-state index in [4.69, 9.17) is 4.74 Å². The van der Waals surface area contributed by atoms with Gasteiger partial charge in [0.25, 0.3) is 11.7 Å². The molecule has 3 aromatic heterocycles. The van der Waals surface area contributed by atoms with Gasteiger partial charge in [0.15, 0.2) is 0 Å². The number of thioether (sulfide) groups is 1. The summed E-state index contributed by atoms with van der Waals surface area (Å²) < 4.78 is 7.43. The molecule has 1 aromatic carbocycles. The van der Waals surface area contributed by atoms with Crippen LogP contribution in [0.4, 0.5) is 0 Å². The van der Waals surface area contributed by atoms with E-state index in [1.165, 1.54) is 11.8 Å². The molecule has 0 bridgehead atoms. The van der Waals surface area contributed by atoms with E-state index in [1.54, 1.807) is 10.7 Å². The first-order valence-corrected chi connectivity index (χ1v) is 11.8. The van der Waals surface area contributed by atoms with Gasteiger partial charge in [0.2, 0.25) is 11.0 Å². The zero-order chi connectivity index (χ0) is 23.2. The SMILES string of the molecule is CCCOc1ncccc1CNC(=O)c1ccccc1CSc1nc2nc(C)cc(C)n2n1. The lowest BCUT2D eigenvalue weighted by atomic mass is 10.1. The third-order valence-electron chi connectivity index (χ3n) is 4.95. The van der Waals surface area contributed by atoms with Crippen LogP contribution in [-0.4, -0.2) is 37.1 Å². The van der Waals surface area contributed by atoms with E-state index in [0.29, 0.717) is 41.3 Å². The van der Waals surface area contributed by atoms with Crippen molar-refractivity contribution in [2.75, 3.05) is 6.61 Å². The summed E-state index contributed by atoms with van der Waals surface area (Å²) in [5, 5.41) is 8.15. The molecule has 0 radical (unpaired) electrons. The van der Waals surface area contributed by atoms with Gasteiger partial charge in [-0.3, -0.25) is 4.79 Å². The van der Waals surface area contributed by atoms with E-state index in [-0.39, 0.29) is 5.91 Å². The van der Waals surface area contributed by atoms with Gasteiger partial charge in [-0.05, 0) is 44.0 Å². The normalized spacial score (nSPS) is 11.0. The van der Waals surface area contributed by atoms with Gasteiger partial charge in [0, 0.05) is 41.0 Å². The number of aromatic nitrogens is 5.